The van der Waals surface area contributed by atoms with Gasteiger partial charge in [0.15, 0.2) is 0 Å². The lowest BCUT2D eigenvalue weighted by Gasteiger charge is -2.20. The highest BCUT2D eigenvalue weighted by Crippen LogP contribution is 2.21. The van der Waals surface area contributed by atoms with Crippen LogP contribution in [0.15, 0.2) is 24.3 Å². The molecular weight excluding hydrogens is 260 g/mol. The van der Waals surface area contributed by atoms with Crippen LogP contribution < -0.4 is 10.1 Å². The van der Waals surface area contributed by atoms with Crippen LogP contribution in [-0.4, -0.2) is 37.2 Å². The summed E-state index contributed by atoms with van der Waals surface area (Å²) in [6.07, 6.45) is 6.10. The number of anilines is 1. The van der Waals surface area contributed by atoms with E-state index >= 15 is 0 Å². The van der Waals surface area contributed by atoms with Gasteiger partial charge in [0.25, 0.3) is 0 Å². The first-order valence-electron chi connectivity index (χ1n) is 8.53. The van der Waals surface area contributed by atoms with Gasteiger partial charge >= 0.3 is 0 Å². The fourth-order valence-electron chi connectivity index (χ4n) is 2.97. The van der Waals surface area contributed by atoms with Crippen molar-refractivity contribution in [3.63, 3.8) is 0 Å². The molecule has 1 saturated heterocycles. The minimum absolute atomic E-state index is 0.591. The van der Waals surface area contributed by atoms with E-state index in [4.69, 9.17) is 4.74 Å². The topological polar surface area (TPSA) is 24.5 Å². The maximum atomic E-state index is 5.71. The van der Waals surface area contributed by atoms with Gasteiger partial charge in [-0.3, -0.25) is 0 Å². The Bertz CT molecular complexity index is 408. The minimum atomic E-state index is 0.591. The molecule has 0 spiro atoms. The maximum absolute atomic E-state index is 5.71. The summed E-state index contributed by atoms with van der Waals surface area (Å²) in [6, 6.07) is 8.98. The standard InChI is InChI=1S/C18H30N2O/c1-3-11-20-12-6-8-16(10-13-20)19-17-7-5-9-18(15-17)21-14-4-2/h5,7,9,15-16,19H,3-4,6,8,10-14H2,1-2H3. The Balaban J connectivity index is 1.86. The Labute approximate surface area is 129 Å². The fraction of sp³-hybridized carbons (Fsp3) is 0.667. The van der Waals surface area contributed by atoms with E-state index in [0.717, 1.165) is 18.8 Å². The van der Waals surface area contributed by atoms with E-state index in [1.807, 2.05) is 6.07 Å². The summed E-state index contributed by atoms with van der Waals surface area (Å²) in [6.45, 7) is 8.91. The molecule has 1 aliphatic rings. The highest BCUT2D eigenvalue weighted by atomic mass is 16.5. The van der Waals surface area contributed by atoms with E-state index in [2.05, 4.69) is 42.3 Å². The molecule has 0 amide bonds. The molecule has 1 fully saturated rings. The summed E-state index contributed by atoms with van der Waals surface area (Å²) < 4.78 is 5.71. The number of hydrogen-bond donors (Lipinski definition) is 1. The quantitative estimate of drug-likeness (QED) is 0.816. The molecule has 1 unspecified atom stereocenters. The molecule has 1 aliphatic heterocycles. The Hall–Kier alpha value is -1.22. The van der Waals surface area contributed by atoms with Crippen molar-refractivity contribution in [1.29, 1.82) is 0 Å². The molecule has 1 heterocycles. The molecule has 21 heavy (non-hydrogen) atoms. The Kier molecular flexibility index (Phi) is 6.87. The van der Waals surface area contributed by atoms with Crippen molar-refractivity contribution in [3.8, 4) is 5.75 Å². The van der Waals surface area contributed by atoms with Crippen molar-refractivity contribution in [2.75, 3.05) is 31.6 Å². The first-order chi connectivity index (χ1) is 10.3. The number of benzene rings is 1. The normalized spacial score (nSPS) is 20.0. The SMILES string of the molecule is CCCOc1cccc(NC2CCCN(CCC)CC2)c1. The van der Waals surface area contributed by atoms with Crippen molar-refractivity contribution in [2.24, 2.45) is 0 Å². The third-order valence-corrected chi connectivity index (χ3v) is 4.04. The summed E-state index contributed by atoms with van der Waals surface area (Å²) in [5, 5.41) is 3.69. The summed E-state index contributed by atoms with van der Waals surface area (Å²) in [7, 11) is 0. The first-order valence-corrected chi connectivity index (χ1v) is 8.53. The smallest absolute Gasteiger partial charge is 0.121 e. The molecule has 2 rings (SSSR count). The molecule has 1 aromatic rings. The van der Waals surface area contributed by atoms with E-state index in [1.165, 1.54) is 51.0 Å². The monoisotopic (exact) mass is 290 g/mol. The summed E-state index contributed by atoms with van der Waals surface area (Å²) in [4.78, 5) is 2.60. The molecule has 0 radical (unpaired) electrons. The van der Waals surface area contributed by atoms with E-state index in [1.54, 1.807) is 0 Å². The van der Waals surface area contributed by atoms with Gasteiger partial charge in [-0.15, -0.1) is 0 Å². The van der Waals surface area contributed by atoms with E-state index in [-0.39, 0.29) is 0 Å². The summed E-state index contributed by atoms with van der Waals surface area (Å²) >= 11 is 0. The average Bonchev–Trinajstić information content (AvgIpc) is 2.72. The van der Waals surface area contributed by atoms with Crippen molar-refractivity contribution < 1.29 is 4.74 Å². The molecule has 1 atom stereocenters. The molecular formula is C18H30N2O. The third kappa shape index (κ3) is 5.58. The highest BCUT2D eigenvalue weighted by molar-refractivity contribution is 5.48. The first kappa shape index (κ1) is 16.2. The zero-order chi connectivity index (χ0) is 14.9. The molecule has 3 heteroatoms. The highest BCUT2D eigenvalue weighted by Gasteiger charge is 2.16. The third-order valence-electron chi connectivity index (χ3n) is 4.04. The predicted octanol–water partition coefficient (Wildman–Crippen LogP) is 4.15. The van der Waals surface area contributed by atoms with Gasteiger partial charge in [-0.25, -0.2) is 0 Å². The largest absolute Gasteiger partial charge is 0.494 e. The van der Waals surface area contributed by atoms with Crippen molar-refractivity contribution in [2.45, 2.75) is 52.0 Å². The zero-order valence-electron chi connectivity index (χ0n) is 13.6. The molecule has 0 aromatic heterocycles. The lowest BCUT2D eigenvalue weighted by Crippen LogP contribution is -2.27. The predicted molar refractivity (Wildman–Crippen MR) is 90.2 cm³/mol. The average molecular weight is 290 g/mol. The van der Waals surface area contributed by atoms with Crippen molar-refractivity contribution in [1.82, 2.24) is 4.90 Å². The molecule has 118 valence electrons. The van der Waals surface area contributed by atoms with Gasteiger partial charge in [0.05, 0.1) is 6.61 Å². The van der Waals surface area contributed by atoms with Crippen LogP contribution in [0.1, 0.15) is 46.0 Å². The molecule has 1 N–H and O–H groups in total. The van der Waals surface area contributed by atoms with Gasteiger partial charge < -0.3 is 15.0 Å². The number of hydrogen-bond acceptors (Lipinski definition) is 3. The van der Waals surface area contributed by atoms with E-state index in [0.29, 0.717) is 6.04 Å². The number of nitrogens with one attached hydrogen (secondary N) is 1. The number of likely N-dealkylation sites (tertiary alicyclic amines) is 1. The van der Waals surface area contributed by atoms with Crippen LogP contribution in [-0.2, 0) is 0 Å². The number of nitrogens with zero attached hydrogens (tertiary/aromatic N) is 1. The second-order valence-electron chi connectivity index (χ2n) is 5.99. The van der Waals surface area contributed by atoms with Crippen LogP contribution in [0.4, 0.5) is 5.69 Å². The second-order valence-corrected chi connectivity index (χ2v) is 5.99. The molecule has 3 nitrogen and oxygen atoms in total. The van der Waals surface area contributed by atoms with Crippen LogP contribution >= 0.6 is 0 Å². The number of ether oxygens (including phenoxy) is 1. The molecule has 0 aliphatic carbocycles. The van der Waals surface area contributed by atoms with Crippen LogP contribution in [0.2, 0.25) is 0 Å². The zero-order valence-corrected chi connectivity index (χ0v) is 13.6. The van der Waals surface area contributed by atoms with Crippen LogP contribution in [0.3, 0.4) is 0 Å². The van der Waals surface area contributed by atoms with Gasteiger partial charge in [-0.05, 0) is 57.3 Å². The van der Waals surface area contributed by atoms with Crippen LogP contribution in [0.5, 0.6) is 5.75 Å². The van der Waals surface area contributed by atoms with Gasteiger partial charge in [-0.2, -0.15) is 0 Å². The molecule has 0 bridgehead atoms. The van der Waals surface area contributed by atoms with E-state index < -0.39 is 0 Å². The Morgan fingerprint density at radius 1 is 1.19 bits per heavy atom. The second kappa shape index (κ2) is 8.93. The number of rotatable bonds is 7. The molecule has 1 aromatic carbocycles. The lowest BCUT2D eigenvalue weighted by atomic mass is 10.1. The van der Waals surface area contributed by atoms with Crippen LogP contribution in [0, 0.1) is 0 Å². The lowest BCUT2D eigenvalue weighted by molar-refractivity contribution is 0.285. The summed E-state index contributed by atoms with van der Waals surface area (Å²) in [5.41, 5.74) is 1.19. The summed E-state index contributed by atoms with van der Waals surface area (Å²) in [5.74, 6) is 0.975. The Morgan fingerprint density at radius 3 is 2.90 bits per heavy atom. The fourth-order valence-corrected chi connectivity index (χ4v) is 2.97. The van der Waals surface area contributed by atoms with Crippen molar-refractivity contribution in [3.05, 3.63) is 24.3 Å². The van der Waals surface area contributed by atoms with E-state index in [9.17, 15) is 0 Å². The minimum Gasteiger partial charge on any atom is -0.494 e. The van der Waals surface area contributed by atoms with Gasteiger partial charge in [-0.1, -0.05) is 19.9 Å². The van der Waals surface area contributed by atoms with Crippen molar-refractivity contribution >= 4 is 5.69 Å². The van der Waals surface area contributed by atoms with Gasteiger partial charge in [0.2, 0.25) is 0 Å². The Morgan fingerprint density at radius 2 is 2.10 bits per heavy atom. The van der Waals surface area contributed by atoms with Crippen LogP contribution in [0.25, 0.3) is 0 Å². The molecule has 0 saturated carbocycles. The van der Waals surface area contributed by atoms with Gasteiger partial charge in [0.1, 0.15) is 5.75 Å². The van der Waals surface area contributed by atoms with Gasteiger partial charge in [0, 0.05) is 24.3 Å². The maximum Gasteiger partial charge on any atom is 0.121 e.